The fourth-order valence-electron chi connectivity index (χ4n) is 7.70. The molecule has 62 heavy (non-hydrogen) atoms. The van der Waals surface area contributed by atoms with Crippen LogP contribution in [-0.2, 0) is 22.5 Å². The number of hydrogen-bond acceptors (Lipinski definition) is 9. The summed E-state index contributed by atoms with van der Waals surface area (Å²) in [6.07, 6.45) is 0.845. The van der Waals surface area contributed by atoms with Gasteiger partial charge in [0.15, 0.2) is 0 Å². The molecule has 0 unspecified atom stereocenters. The number of anilines is 2. The summed E-state index contributed by atoms with van der Waals surface area (Å²) in [5.41, 5.74) is 6.16. The minimum absolute atomic E-state index is 0.0195. The Morgan fingerprint density at radius 2 is 1.60 bits per heavy atom. The maximum Gasteiger partial charge on any atom is 0.411 e. The number of aromatic hydroxyl groups is 1. The summed E-state index contributed by atoms with van der Waals surface area (Å²) in [6.45, 7) is 4.62. The number of carbonyl (C=O) groups is 3. The normalized spacial score (nSPS) is 14.2. The van der Waals surface area contributed by atoms with Crippen LogP contribution in [0.4, 0.5) is 16.2 Å². The number of aliphatic hydroxyl groups is 1. The number of phenols is 1. The van der Waals surface area contributed by atoms with Gasteiger partial charge in [0.25, 0.3) is 5.91 Å². The summed E-state index contributed by atoms with van der Waals surface area (Å²) in [5.74, 6) is -0.400. The van der Waals surface area contributed by atoms with Gasteiger partial charge >= 0.3 is 6.09 Å². The van der Waals surface area contributed by atoms with E-state index >= 15 is 0 Å². The minimum Gasteiger partial charge on any atom is -0.506 e. The van der Waals surface area contributed by atoms with Crippen LogP contribution in [0.25, 0.3) is 22.0 Å². The lowest BCUT2D eigenvalue weighted by atomic mass is 10.0. The molecule has 6 aromatic rings. The molecule has 320 valence electrons. The smallest absolute Gasteiger partial charge is 0.411 e. The molecular weight excluding hydrogens is 785 g/mol. The van der Waals surface area contributed by atoms with Crippen LogP contribution in [-0.4, -0.2) is 76.3 Å². The SMILES string of the molecule is C[C@H](Cc1ccc(NC(=O)c2cccc(CNC(=O)CCN3CCC(OC(=O)Nc4ccccc4-c4ccccc4)CC3)c2)cc1)NC[C@H](O)c1ccc(O)c2[nH]c(=O)ccc12. The second-order valence-corrected chi connectivity index (χ2v) is 15.7. The first kappa shape index (κ1) is 43.3. The molecule has 13 nitrogen and oxygen atoms in total. The molecule has 1 aliphatic heterocycles. The lowest BCUT2D eigenvalue weighted by molar-refractivity contribution is -0.121. The zero-order valence-electron chi connectivity index (χ0n) is 34.6. The van der Waals surface area contributed by atoms with Gasteiger partial charge in [0.05, 0.1) is 17.3 Å². The van der Waals surface area contributed by atoms with Crippen molar-refractivity contribution in [3.8, 4) is 16.9 Å². The predicted octanol–water partition coefficient (Wildman–Crippen LogP) is 7.13. The number of aromatic nitrogens is 1. The summed E-state index contributed by atoms with van der Waals surface area (Å²) < 4.78 is 5.76. The summed E-state index contributed by atoms with van der Waals surface area (Å²) in [5, 5.41) is 33.8. The molecule has 1 aliphatic rings. The number of hydrogen-bond donors (Lipinski definition) is 7. The Morgan fingerprint density at radius 1 is 0.839 bits per heavy atom. The van der Waals surface area contributed by atoms with Gasteiger partial charge in [-0.3, -0.25) is 19.7 Å². The van der Waals surface area contributed by atoms with Crippen LogP contribution in [0.15, 0.2) is 132 Å². The number of carbonyl (C=O) groups excluding carboxylic acids is 3. The number of ether oxygens (including phenoxy) is 1. The maximum absolute atomic E-state index is 13.2. The Hall–Kier alpha value is -6.80. The fraction of sp³-hybridized carbons (Fsp3) is 0.265. The molecule has 7 N–H and O–H groups in total. The van der Waals surface area contributed by atoms with Crippen molar-refractivity contribution in [3.63, 3.8) is 0 Å². The lowest BCUT2D eigenvalue weighted by Gasteiger charge is -2.31. The summed E-state index contributed by atoms with van der Waals surface area (Å²) >= 11 is 0. The minimum atomic E-state index is -0.862. The van der Waals surface area contributed by atoms with Crippen LogP contribution >= 0.6 is 0 Å². The number of aromatic amines is 1. The molecule has 2 atom stereocenters. The summed E-state index contributed by atoms with van der Waals surface area (Å²) in [6, 6.07) is 38.4. The predicted molar refractivity (Wildman–Crippen MR) is 241 cm³/mol. The molecule has 3 amide bonds. The molecule has 0 aliphatic carbocycles. The molecule has 0 spiro atoms. The van der Waals surface area contributed by atoms with E-state index in [1.165, 1.54) is 12.1 Å². The Balaban J connectivity index is 0.793. The van der Waals surface area contributed by atoms with Gasteiger partial charge in [-0.1, -0.05) is 78.9 Å². The number of rotatable bonds is 16. The summed E-state index contributed by atoms with van der Waals surface area (Å²) in [7, 11) is 0. The molecule has 13 heteroatoms. The average Bonchev–Trinajstić information content (AvgIpc) is 3.28. The van der Waals surface area contributed by atoms with E-state index < -0.39 is 12.2 Å². The number of aliphatic hydroxyl groups excluding tert-OH is 1. The first-order valence-electron chi connectivity index (χ1n) is 20.9. The van der Waals surface area contributed by atoms with E-state index in [1.54, 1.807) is 30.3 Å². The van der Waals surface area contributed by atoms with Crippen molar-refractivity contribution in [3.05, 3.63) is 160 Å². The second kappa shape index (κ2) is 20.6. The quantitative estimate of drug-likeness (QED) is 0.0533. The zero-order chi connectivity index (χ0) is 43.4. The molecule has 7 rings (SSSR count). The Labute approximate surface area is 360 Å². The van der Waals surface area contributed by atoms with Crippen molar-refractivity contribution in [2.75, 3.05) is 36.8 Å². The highest BCUT2D eigenvalue weighted by Gasteiger charge is 2.23. The van der Waals surface area contributed by atoms with E-state index in [0.717, 1.165) is 35.3 Å². The van der Waals surface area contributed by atoms with Gasteiger partial charge in [0.1, 0.15) is 11.9 Å². The van der Waals surface area contributed by atoms with Gasteiger partial charge in [0, 0.05) is 73.5 Å². The number of pyridine rings is 1. The van der Waals surface area contributed by atoms with E-state index in [4.69, 9.17) is 4.74 Å². The number of piperidine rings is 1. The number of benzene rings is 5. The highest BCUT2D eigenvalue weighted by atomic mass is 16.6. The molecular formula is C49H52N6O7. The van der Waals surface area contributed by atoms with Crippen LogP contribution in [0.2, 0.25) is 0 Å². The Bertz CT molecular complexity index is 2540. The Morgan fingerprint density at radius 3 is 2.39 bits per heavy atom. The van der Waals surface area contributed by atoms with Gasteiger partial charge in [-0.2, -0.15) is 0 Å². The molecule has 1 aromatic heterocycles. The van der Waals surface area contributed by atoms with Crippen molar-refractivity contribution >= 4 is 40.2 Å². The summed E-state index contributed by atoms with van der Waals surface area (Å²) in [4.78, 5) is 55.3. The third-order valence-corrected chi connectivity index (χ3v) is 11.1. The van der Waals surface area contributed by atoms with E-state index in [2.05, 4.69) is 31.2 Å². The van der Waals surface area contributed by atoms with Gasteiger partial charge in [-0.05, 0) is 90.9 Å². The van der Waals surface area contributed by atoms with Gasteiger partial charge in [0.2, 0.25) is 11.5 Å². The van der Waals surface area contributed by atoms with Gasteiger partial charge in [-0.25, -0.2) is 4.79 Å². The lowest BCUT2D eigenvalue weighted by Crippen LogP contribution is -2.40. The monoisotopic (exact) mass is 836 g/mol. The standard InChI is InChI=1S/C49H52N6O7/c1-32(50-31-44(57)40-18-20-43(56)47-41(40)19-21-46(59)54-47)28-33-14-16-37(17-15-33)52-48(60)36-11-7-8-34(29-36)30-51-45(58)24-27-55-25-22-38(23-26-55)62-49(61)53-42-13-6-5-12-39(42)35-9-3-2-4-10-35/h2-21,29,32,38,44,50,56-57H,22-28,30-31H2,1H3,(H,51,58)(H,52,60)(H,53,61)(H,54,59)/t32-,44+/m1/s1. The van der Waals surface area contributed by atoms with Crippen LogP contribution in [0, 0.1) is 0 Å². The topological polar surface area (TPSA) is 185 Å². The first-order valence-corrected chi connectivity index (χ1v) is 20.9. The van der Waals surface area contributed by atoms with Crippen molar-refractivity contribution < 1.29 is 29.3 Å². The number of likely N-dealkylation sites (tertiary alicyclic amines) is 1. The largest absolute Gasteiger partial charge is 0.506 e. The fourth-order valence-corrected chi connectivity index (χ4v) is 7.70. The van der Waals surface area contributed by atoms with E-state index in [0.29, 0.717) is 72.2 Å². The maximum atomic E-state index is 13.2. The average molecular weight is 837 g/mol. The second-order valence-electron chi connectivity index (χ2n) is 15.7. The van der Waals surface area contributed by atoms with Crippen LogP contribution in [0.3, 0.4) is 0 Å². The Kier molecular flexibility index (Phi) is 14.4. The van der Waals surface area contributed by atoms with Crippen molar-refractivity contribution in [2.24, 2.45) is 0 Å². The first-order chi connectivity index (χ1) is 30.1. The zero-order valence-corrected chi connectivity index (χ0v) is 34.6. The van der Waals surface area contributed by atoms with E-state index in [1.807, 2.05) is 91.9 Å². The molecule has 0 saturated carbocycles. The van der Waals surface area contributed by atoms with E-state index in [-0.39, 0.29) is 41.8 Å². The van der Waals surface area contributed by atoms with Gasteiger partial charge < -0.3 is 40.8 Å². The number of para-hydroxylation sites is 1. The van der Waals surface area contributed by atoms with Crippen molar-refractivity contribution in [2.45, 2.75) is 57.4 Å². The highest BCUT2D eigenvalue weighted by Crippen LogP contribution is 2.30. The van der Waals surface area contributed by atoms with Crippen molar-refractivity contribution in [1.82, 2.24) is 20.5 Å². The number of fused-ring (bicyclic) bond motifs is 1. The number of nitrogens with zero attached hydrogens (tertiary/aromatic N) is 1. The molecule has 0 radical (unpaired) electrons. The third-order valence-electron chi connectivity index (χ3n) is 11.1. The molecule has 5 aromatic carbocycles. The highest BCUT2D eigenvalue weighted by molar-refractivity contribution is 6.04. The molecule has 2 heterocycles. The van der Waals surface area contributed by atoms with E-state index in [9.17, 15) is 29.4 Å². The van der Waals surface area contributed by atoms with Crippen LogP contribution in [0.1, 0.15) is 59.3 Å². The van der Waals surface area contributed by atoms with Crippen LogP contribution < -0.4 is 26.8 Å². The van der Waals surface area contributed by atoms with Crippen LogP contribution in [0.5, 0.6) is 5.75 Å². The molecule has 0 bridgehead atoms. The third kappa shape index (κ3) is 11.7. The number of H-pyrrole nitrogens is 1. The number of amides is 3. The molecule has 1 saturated heterocycles. The molecule has 1 fully saturated rings. The number of nitrogens with one attached hydrogen (secondary N) is 5. The van der Waals surface area contributed by atoms with Gasteiger partial charge in [-0.15, -0.1) is 0 Å². The number of phenolic OH excluding ortho intramolecular Hbond substituents is 1. The van der Waals surface area contributed by atoms with Crippen molar-refractivity contribution in [1.29, 1.82) is 0 Å².